The summed E-state index contributed by atoms with van der Waals surface area (Å²) in [6.45, 7) is -0.263. The van der Waals surface area contributed by atoms with Gasteiger partial charge in [0.1, 0.15) is 6.54 Å². The van der Waals surface area contributed by atoms with Gasteiger partial charge in [0, 0.05) is 5.56 Å². The first-order valence-corrected chi connectivity index (χ1v) is 5.07. The molecule has 16 heavy (non-hydrogen) atoms. The molecule has 0 saturated heterocycles. The third-order valence-electron chi connectivity index (χ3n) is 1.85. The Bertz CT molecular complexity index is 403. The second-order valence-electron chi connectivity index (χ2n) is 3.14. The third kappa shape index (κ3) is 4.18. The molecule has 0 amide bonds. The number of aliphatic carboxylic acids is 1. The molecule has 84 valence electrons. The van der Waals surface area contributed by atoms with E-state index in [1.54, 1.807) is 24.3 Å². The van der Waals surface area contributed by atoms with E-state index in [9.17, 15) is 9.59 Å². The third-order valence-corrected chi connectivity index (χ3v) is 2.14. The molecule has 0 fully saturated rings. The van der Waals surface area contributed by atoms with Gasteiger partial charge >= 0.3 is 5.97 Å². The number of hydrogen-bond donors (Lipinski definition) is 2. The quantitative estimate of drug-likeness (QED) is 0.596. The van der Waals surface area contributed by atoms with Crippen LogP contribution in [0.25, 0.3) is 0 Å². The van der Waals surface area contributed by atoms with Crippen molar-refractivity contribution in [3.8, 4) is 0 Å². The maximum atomic E-state index is 11.6. The van der Waals surface area contributed by atoms with Gasteiger partial charge in [-0.25, -0.2) is 0 Å². The number of benzene rings is 1. The maximum Gasteiger partial charge on any atom is 0.322 e. The molecule has 5 heteroatoms. The molecular formula is C11H11NO3S. The molecule has 1 aromatic rings. The van der Waals surface area contributed by atoms with Crippen LogP contribution >= 0.6 is 12.2 Å². The van der Waals surface area contributed by atoms with Gasteiger partial charge in [-0.15, -0.1) is 0 Å². The lowest BCUT2D eigenvalue weighted by atomic mass is 10.1. The van der Waals surface area contributed by atoms with Crippen molar-refractivity contribution in [2.75, 3.05) is 6.54 Å². The fourth-order valence-electron chi connectivity index (χ4n) is 1.11. The van der Waals surface area contributed by atoms with E-state index in [1.165, 1.54) is 0 Å². The minimum absolute atomic E-state index is 0.0344. The Morgan fingerprint density at radius 1 is 1.25 bits per heavy atom. The Balaban J connectivity index is 2.46. The normalized spacial score (nSPS) is 9.50. The fraction of sp³-hybridized carbons (Fsp3) is 0.182. The zero-order valence-electron chi connectivity index (χ0n) is 8.47. The van der Waals surface area contributed by atoms with Crippen LogP contribution in [0, 0.1) is 0 Å². The molecule has 0 heterocycles. The maximum absolute atomic E-state index is 11.6. The Kier molecular flexibility index (Phi) is 4.60. The van der Waals surface area contributed by atoms with Gasteiger partial charge in [-0.3, -0.25) is 9.59 Å². The highest BCUT2D eigenvalue weighted by molar-refractivity contribution is 7.80. The van der Waals surface area contributed by atoms with Gasteiger partial charge < -0.3 is 10.4 Å². The summed E-state index contributed by atoms with van der Waals surface area (Å²) >= 11 is 4.85. The molecule has 0 spiro atoms. The molecule has 0 atom stereocenters. The van der Waals surface area contributed by atoms with Crippen molar-refractivity contribution in [2.24, 2.45) is 0 Å². The van der Waals surface area contributed by atoms with E-state index < -0.39 is 5.97 Å². The number of Topliss-reactive ketones (excluding diaryl/α,β-unsaturated/α-hetero) is 1. The summed E-state index contributed by atoms with van der Waals surface area (Å²) < 4.78 is 0. The predicted molar refractivity (Wildman–Crippen MR) is 63.6 cm³/mol. The first-order chi connectivity index (χ1) is 7.59. The van der Waals surface area contributed by atoms with Gasteiger partial charge in [-0.1, -0.05) is 42.5 Å². The monoisotopic (exact) mass is 237 g/mol. The van der Waals surface area contributed by atoms with Crippen molar-refractivity contribution in [2.45, 2.75) is 6.42 Å². The van der Waals surface area contributed by atoms with Gasteiger partial charge in [-0.05, 0) is 0 Å². The zero-order chi connectivity index (χ0) is 12.0. The Labute approximate surface area is 98.3 Å². The molecule has 0 bridgehead atoms. The average Bonchev–Trinajstić information content (AvgIpc) is 2.27. The van der Waals surface area contributed by atoms with Gasteiger partial charge in [0.2, 0.25) is 0 Å². The van der Waals surface area contributed by atoms with E-state index in [2.05, 4.69) is 5.32 Å². The highest BCUT2D eigenvalue weighted by atomic mass is 32.1. The highest BCUT2D eigenvalue weighted by Crippen LogP contribution is 2.03. The van der Waals surface area contributed by atoms with Crippen molar-refractivity contribution < 1.29 is 14.7 Å². The van der Waals surface area contributed by atoms with Gasteiger partial charge in [0.15, 0.2) is 5.78 Å². The van der Waals surface area contributed by atoms with Crippen molar-refractivity contribution in [3.63, 3.8) is 0 Å². The van der Waals surface area contributed by atoms with Crippen LogP contribution in [0.5, 0.6) is 0 Å². The molecule has 0 aromatic heterocycles. The predicted octanol–water partition coefficient (Wildman–Crippen LogP) is 1.26. The molecule has 0 aliphatic rings. The lowest BCUT2D eigenvalue weighted by Crippen LogP contribution is -2.29. The lowest BCUT2D eigenvalue weighted by molar-refractivity contribution is -0.135. The SMILES string of the molecule is O=C(O)CNC(=S)CC(=O)c1ccccc1. The molecule has 1 aromatic carbocycles. The van der Waals surface area contributed by atoms with Crippen molar-refractivity contribution in [3.05, 3.63) is 35.9 Å². The zero-order valence-corrected chi connectivity index (χ0v) is 9.29. The molecule has 0 radical (unpaired) electrons. The molecule has 0 saturated carbocycles. The van der Waals surface area contributed by atoms with Crippen LogP contribution in [0.3, 0.4) is 0 Å². The number of carbonyl (C=O) groups excluding carboxylic acids is 1. The largest absolute Gasteiger partial charge is 0.480 e. The highest BCUT2D eigenvalue weighted by Gasteiger charge is 2.08. The molecule has 0 unspecified atom stereocenters. The van der Waals surface area contributed by atoms with E-state index in [4.69, 9.17) is 17.3 Å². The van der Waals surface area contributed by atoms with Crippen molar-refractivity contribution in [1.82, 2.24) is 5.32 Å². The summed E-state index contributed by atoms with van der Waals surface area (Å²) in [5.41, 5.74) is 0.571. The summed E-state index contributed by atoms with van der Waals surface area (Å²) in [4.78, 5) is 22.1. The average molecular weight is 237 g/mol. The summed E-state index contributed by atoms with van der Waals surface area (Å²) in [6, 6.07) is 8.74. The molecule has 4 nitrogen and oxygen atoms in total. The number of ketones is 1. The smallest absolute Gasteiger partial charge is 0.322 e. The van der Waals surface area contributed by atoms with Crippen LogP contribution in [0.1, 0.15) is 16.8 Å². The Hall–Kier alpha value is -1.75. The van der Waals surface area contributed by atoms with E-state index in [0.717, 1.165) is 0 Å². The van der Waals surface area contributed by atoms with Crippen molar-refractivity contribution >= 4 is 29.0 Å². The number of nitrogens with one attached hydrogen (secondary N) is 1. The second kappa shape index (κ2) is 5.97. The summed E-state index contributed by atoms with van der Waals surface area (Å²) in [5.74, 6) is -1.13. The number of carboxylic acid groups (broad SMARTS) is 1. The van der Waals surface area contributed by atoms with Gasteiger partial charge in [0.05, 0.1) is 11.4 Å². The second-order valence-corrected chi connectivity index (χ2v) is 3.63. The number of thiocarbonyl (C=S) groups is 1. The molecule has 0 aliphatic heterocycles. The van der Waals surface area contributed by atoms with E-state index >= 15 is 0 Å². The summed E-state index contributed by atoms with van der Waals surface area (Å²) in [6.07, 6.45) is 0.0344. The molecule has 0 aliphatic carbocycles. The number of carboxylic acids is 1. The first kappa shape index (κ1) is 12.3. The van der Waals surface area contributed by atoms with E-state index in [0.29, 0.717) is 5.56 Å². The fourth-order valence-corrected chi connectivity index (χ4v) is 1.31. The molecule has 1 rings (SSSR count). The van der Waals surface area contributed by atoms with Crippen LogP contribution in [0.15, 0.2) is 30.3 Å². The Morgan fingerprint density at radius 3 is 2.44 bits per heavy atom. The summed E-state index contributed by atoms with van der Waals surface area (Å²) in [7, 11) is 0. The number of rotatable bonds is 5. The first-order valence-electron chi connectivity index (χ1n) is 4.66. The minimum atomic E-state index is -1.01. The standard InChI is InChI=1S/C11H11NO3S/c13-9(8-4-2-1-3-5-8)6-10(16)12-7-11(14)15/h1-5H,6-7H2,(H,12,16)(H,14,15). The molecular weight excluding hydrogens is 226 g/mol. The topological polar surface area (TPSA) is 66.4 Å². The number of carbonyl (C=O) groups is 2. The lowest BCUT2D eigenvalue weighted by Gasteiger charge is -2.04. The van der Waals surface area contributed by atoms with Crippen molar-refractivity contribution in [1.29, 1.82) is 0 Å². The summed E-state index contributed by atoms with van der Waals surface area (Å²) in [5, 5.41) is 10.9. The van der Waals surface area contributed by atoms with E-state index in [-0.39, 0.29) is 23.7 Å². The van der Waals surface area contributed by atoms with Crippen LogP contribution < -0.4 is 5.32 Å². The van der Waals surface area contributed by atoms with Crippen LogP contribution in [-0.4, -0.2) is 28.4 Å². The van der Waals surface area contributed by atoms with Crippen LogP contribution in [-0.2, 0) is 4.79 Å². The molecule has 2 N–H and O–H groups in total. The number of hydrogen-bond acceptors (Lipinski definition) is 3. The van der Waals surface area contributed by atoms with Crippen LogP contribution in [0.2, 0.25) is 0 Å². The minimum Gasteiger partial charge on any atom is -0.480 e. The van der Waals surface area contributed by atoms with Gasteiger partial charge in [-0.2, -0.15) is 0 Å². The Morgan fingerprint density at radius 2 is 1.88 bits per heavy atom. The van der Waals surface area contributed by atoms with Crippen LogP contribution in [0.4, 0.5) is 0 Å². The van der Waals surface area contributed by atoms with E-state index in [1.807, 2.05) is 6.07 Å². The van der Waals surface area contributed by atoms with Gasteiger partial charge in [0.25, 0.3) is 0 Å².